The van der Waals surface area contributed by atoms with Crippen LogP contribution in [0.5, 0.6) is 5.75 Å². The Bertz CT molecular complexity index is 1580. The van der Waals surface area contributed by atoms with E-state index in [4.69, 9.17) is 4.74 Å². The van der Waals surface area contributed by atoms with Crippen molar-refractivity contribution in [3.63, 3.8) is 0 Å². The van der Waals surface area contributed by atoms with E-state index >= 15 is 0 Å². The van der Waals surface area contributed by atoms with Crippen LogP contribution in [-0.2, 0) is 12.7 Å². The number of anilines is 1. The molecular formula is C32H27F3N2O4. The molecule has 0 aliphatic carbocycles. The van der Waals surface area contributed by atoms with E-state index in [9.17, 15) is 27.9 Å². The van der Waals surface area contributed by atoms with Crippen LogP contribution < -0.4 is 15.0 Å². The van der Waals surface area contributed by atoms with Gasteiger partial charge in [-0.3, -0.25) is 4.79 Å². The predicted octanol–water partition coefficient (Wildman–Crippen LogP) is 6.96. The number of carboxylic acids is 1. The van der Waals surface area contributed by atoms with Crippen molar-refractivity contribution in [1.82, 2.24) is 5.32 Å². The highest BCUT2D eigenvalue weighted by atomic mass is 19.4. The zero-order valence-corrected chi connectivity index (χ0v) is 22.1. The van der Waals surface area contributed by atoms with Crippen molar-refractivity contribution in [2.24, 2.45) is 0 Å². The maximum Gasteiger partial charge on any atom is 0.416 e. The molecule has 210 valence electrons. The Balaban J connectivity index is 1.28. The molecule has 41 heavy (non-hydrogen) atoms. The quantitative estimate of drug-likeness (QED) is 0.256. The minimum atomic E-state index is -4.46. The van der Waals surface area contributed by atoms with Crippen molar-refractivity contribution in [2.45, 2.75) is 25.7 Å². The molecule has 6 nitrogen and oxygen atoms in total. The zero-order valence-electron chi connectivity index (χ0n) is 22.1. The molecule has 4 aromatic rings. The van der Waals surface area contributed by atoms with E-state index in [1.54, 1.807) is 55.5 Å². The molecule has 0 bridgehead atoms. The van der Waals surface area contributed by atoms with Gasteiger partial charge < -0.3 is 20.1 Å². The standard InChI is InChI=1S/C32H27F3N2O4/c1-20(23-5-4-6-25(17-23)32(33,34)35)36-30(38)24-13-14-28-29(18-24)41-16-15-37(28)19-21-9-11-22(12-10-21)26-7-2-3-8-27(26)31(39)40/h2-14,17-18,20H,15-16,19H2,1H3,(H,36,38)(H,39,40)/t20-/m0/s1. The summed E-state index contributed by atoms with van der Waals surface area (Å²) in [6, 6.07) is 24.0. The molecule has 5 rings (SSSR count). The number of ether oxygens (including phenoxy) is 1. The monoisotopic (exact) mass is 560 g/mol. The first-order valence-corrected chi connectivity index (χ1v) is 13.0. The normalized spacial score (nSPS) is 13.6. The van der Waals surface area contributed by atoms with Gasteiger partial charge in [0, 0.05) is 12.1 Å². The largest absolute Gasteiger partial charge is 0.490 e. The first-order chi connectivity index (χ1) is 19.6. The number of hydrogen-bond acceptors (Lipinski definition) is 4. The van der Waals surface area contributed by atoms with Gasteiger partial charge in [-0.2, -0.15) is 13.2 Å². The van der Waals surface area contributed by atoms with Gasteiger partial charge in [0.05, 0.1) is 29.4 Å². The fraction of sp³-hybridized carbons (Fsp3) is 0.188. The maximum atomic E-state index is 13.1. The van der Waals surface area contributed by atoms with Crippen molar-refractivity contribution < 1.29 is 32.6 Å². The predicted molar refractivity (Wildman–Crippen MR) is 149 cm³/mol. The summed E-state index contributed by atoms with van der Waals surface area (Å²) in [5.41, 5.74) is 3.46. The van der Waals surface area contributed by atoms with Gasteiger partial charge in [-0.15, -0.1) is 0 Å². The maximum absolute atomic E-state index is 13.1. The Morgan fingerprint density at radius 3 is 2.46 bits per heavy atom. The third kappa shape index (κ3) is 6.19. The average Bonchev–Trinajstić information content (AvgIpc) is 2.97. The summed E-state index contributed by atoms with van der Waals surface area (Å²) in [5, 5.41) is 12.3. The molecule has 1 amide bonds. The van der Waals surface area contributed by atoms with Gasteiger partial charge in [-0.05, 0) is 65.6 Å². The number of aromatic carboxylic acids is 1. The SMILES string of the molecule is C[C@H](NC(=O)c1ccc2c(c1)OCCN2Cc1ccc(-c2ccccc2C(=O)O)cc1)c1cccc(C(F)(F)F)c1. The number of nitrogens with one attached hydrogen (secondary N) is 1. The number of alkyl halides is 3. The third-order valence-corrected chi connectivity index (χ3v) is 7.04. The van der Waals surface area contributed by atoms with Gasteiger partial charge in [-0.25, -0.2) is 4.79 Å². The van der Waals surface area contributed by atoms with Crippen LogP contribution in [0.25, 0.3) is 11.1 Å². The molecule has 0 unspecified atom stereocenters. The summed E-state index contributed by atoms with van der Waals surface area (Å²) in [7, 11) is 0. The van der Waals surface area contributed by atoms with E-state index in [2.05, 4.69) is 10.2 Å². The molecule has 0 fully saturated rings. The molecule has 4 aromatic carbocycles. The molecule has 9 heteroatoms. The molecule has 1 heterocycles. The second-order valence-corrected chi connectivity index (χ2v) is 9.82. The second kappa shape index (κ2) is 11.4. The van der Waals surface area contributed by atoms with Crippen LogP contribution >= 0.6 is 0 Å². The van der Waals surface area contributed by atoms with Gasteiger partial charge in [0.1, 0.15) is 12.4 Å². The van der Waals surface area contributed by atoms with Crippen molar-refractivity contribution in [1.29, 1.82) is 0 Å². The lowest BCUT2D eigenvalue weighted by Gasteiger charge is -2.31. The Morgan fingerprint density at radius 1 is 0.976 bits per heavy atom. The molecule has 1 atom stereocenters. The first kappa shape index (κ1) is 27.8. The van der Waals surface area contributed by atoms with Crippen LogP contribution in [-0.4, -0.2) is 30.1 Å². The van der Waals surface area contributed by atoms with Crippen molar-refractivity contribution in [2.75, 3.05) is 18.1 Å². The molecule has 0 saturated carbocycles. The summed E-state index contributed by atoms with van der Waals surface area (Å²) in [6.07, 6.45) is -4.46. The van der Waals surface area contributed by atoms with Crippen LogP contribution in [0, 0.1) is 0 Å². The highest BCUT2D eigenvalue weighted by Crippen LogP contribution is 2.35. The summed E-state index contributed by atoms with van der Waals surface area (Å²) < 4.78 is 45.1. The van der Waals surface area contributed by atoms with Gasteiger partial charge in [-0.1, -0.05) is 54.6 Å². The number of hydrogen-bond donors (Lipinski definition) is 2. The molecule has 2 N–H and O–H groups in total. The van der Waals surface area contributed by atoms with E-state index in [0.717, 1.165) is 28.9 Å². The summed E-state index contributed by atoms with van der Waals surface area (Å²) >= 11 is 0. The summed E-state index contributed by atoms with van der Waals surface area (Å²) in [5.74, 6) is -0.856. The molecule has 1 aliphatic heterocycles. The van der Waals surface area contributed by atoms with Crippen LogP contribution in [0.2, 0.25) is 0 Å². The molecule has 1 aliphatic rings. The second-order valence-electron chi connectivity index (χ2n) is 9.82. The molecule has 0 radical (unpaired) electrons. The van der Waals surface area contributed by atoms with Crippen LogP contribution in [0.4, 0.5) is 18.9 Å². The van der Waals surface area contributed by atoms with Crippen LogP contribution in [0.15, 0.2) is 91.0 Å². The van der Waals surface area contributed by atoms with Gasteiger partial charge in [0.2, 0.25) is 0 Å². The van der Waals surface area contributed by atoms with Crippen LogP contribution in [0.1, 0.15) is 50.4 Å². The number of amides is 1. The number of fused-ring (bicyclic) bond motifs is 1. The van der Waals surface area contributed by atoms with E-state index in [1.807, 2.05) is 24.3 Å². The number of rotatable bonds is 7. The van der Waals surface area contributed by atoms with Crippen molar-refractivity contribution >= 4 is 17.6 Å². The van der Waals surface area contributed by atoms with Crippen LogP contribution in [0.3, 0.4) is 0 Å². The minimum absolute atomic E-state index is 0.242. The molecule has 0 spiro atoms. The van der Waals surface area contributed by atoms with Gasteiger partial charge in [0.25, 0.3) is 5.91 Å². The lowest BCUT2D eigenvalue weighted by Crippen LogP contribution is -2.32. The van der Waals surface area contributed by atoms with E-state index < -0.39 is 29.7 Å². The first-order valence-electron chi connectivity index (χ1n) is 13.0. The fourth-order valence-electron chi connectivity index (χ4n) is 4.86. The topological polar surface area (TPSA) is 78.9 Å². The lowest BCUT2D eigenvalue weighted by atomic mass is 9.98. The number of halogens is 3. The molecular weight excluding hydrogens is 533 g/mol. The van der Waals surface area contributed by atoms with E-state index in [0.29, 0.717) is 42.1 Å². The van der Waals surface area contributed by atoms with E-state index in [-0.39, 0.29) is 5.56 Å². The highest BCUT2D eigenvalue weighted by molar-refractivity contribution is 5.96. The number of benzene rings is 4. The Morgan fingerprint density at radius 2 is 1.73 bits per heavy atom. The zero-order chi connectivity index (χ0) is 29.1. The summed E-state index contributed by atoms with van der Waals surface area (Å²) in [4.78, 5) is 26.7. The van der Waals surface area contributed by atoms with E-state index in [1.165, 1.54) is 6.07 Å². The van der Waals surface area contributed by atoms with Crippen molar-refractivity contribution in [3.05, 3.63) is 119 Å². The summed E-state index contributed by atoms with van der Waals surface area (Å²) in [6.45, 7) is 3.27. The third-order valence-electron chi connectivity index (χ3n) is 7.04. The average molecular weight is 561 g/mol. The Kier molecular flexibility index (Phi) is 7.70. The van der Waals surface area contributed by atoms with Gasteiger partial charge >= 0.3 is 12.1 Å². The number of carbonyl (C=O) groups excluding carboxylic acids is 1. The molecule has 0 aromatic heterocycles. The Labute approximate surface area is 235 Å². The smallest absolute Gasteiger partial charge is 0.416 e. The number of carboxylic acid groups (broad SMARTS) is 1. The van der Waals surface area contributed by atoms with Crippen molar-refractivity contribution in [3.8, 4) is 16.9 Å². The minimum Gasteiger partial charge on any atom is -0.490 e. The lowest BCUT2D eigenvalue weighted by molar-refractivity contribution is -0.137. The highest BCUT2D eigenvalue weighted by Gasteiger charge is 2.31. The Hall–Kier alpha value is -4.79. The number of carbonyl (C=O) groups is 2. The van der Waals surface area contributed by atoms with Gasteiger partial charge in [0.15, 0.2) is 0 Å². The fourth-order valence-corrected chi connectivity index (χ4v) is 4.86. The molecule has 0 saturated heterocycles. The number of nitrogens with zero attached hydrogens (tertiary/aromatic N) is 1.